The van der Waals surface area contributed by atoms with E-state index in [0.29, 0.717) is 24.7 Å². The molecule has 1 aromatic rings. The molecule has 4 heteroatoms. The molecule has 1 N–H and O–H groups in total. The van der Waals surface area contributed by atoms with Gasteiger partial charge in [0.2, 0.25) is 6.20 Å². The molecule has 0 bridgehead atoms. The maximum Gasteiger partial charge on any atom is 0.253 e. The number of ether oxygens (including phenoxy) is 1. The summed E-state index contributed by atoms with van der Waals surface area (Å²) in [7, 11) is 0. The lowest BCUT2D eigenvalue weighted by molar-refractivity contribution is -0.741. The molecule has 0 saturated heterocycles. The molecule has 1 fully saturated rings. The number of aromatic nitrogens is 1. The molecule has 0 aliphatic heterocycles. The first-order chi connectivity index (χ1) is 9.47. The summed E-state index contributed by atoms with van der Waals surface area (Å²) < 4.78 is 8.18. The van der Waals surface area contributed by atoms with Crippen LogP contribution in [0.3, 0.4) is 0 Å². The molecule has 0 radical (unpaired) electrons. The standard InChI is InChI=1S/C17H27NO2.ClH/c1-12(2)16-8-5-13(3)9-17(16)20-11-18-10-15(19)7-6-14(18)4;/h6-7,10,12-13,16-17H,5,8-9,11H2,1-4H3;1H/t13-,16+,17-;/m1./s1. The third-order valence-corrected chi connectivity index (χ3v) is 4.63. The second-order valence-electron chi connectivity index (χ2n) is 6.66. The highest BCUT2D eigenvalue weighted by Gasteiger charge is 2.32. The summed E-state index contributed by atoms with van der Waals surface area (Å²) in [5, 5.41) is 9.58. The second-order valence-corrected chi connectivity index (χ2v) is 6.66. The Morgan fingerprint density at radius 2 is 2.05 bits per heavy atom. The normalized spacial score (nSPS) is 25.7. The van der Waals surface area contributed by atoms with Crippen LogP contribution in [0.4, 0.5) is 0 Å². The Bertz CT molecular complexity index is 450. The van der Waals surface area contributed by atoms with Gasteiger partial charge in [0.1, 0.15) is 0 Å². The summed E-state index contributed by atoms with van der Waals surface area (Å²) in [6.07, 6.45) is 5.83. The van der Waals surface area contributed by atoms with Crippen LogP contribution in [0.5, 0.6) is 5.75 Å². The number of nitrogens with zero attached hydrogens (tertiary/aromatic N) is 1. The van der Waals surface area contributed by atoms with Crippen LogP contribution in [0, 0.1) is 24.7 Å². The van der Waals surface area contributed by atoms with Crippen LogP contribution in [-0.2, 0) is 11.5 Å². The van der Waals surface area contributed by atoms with Crippen LogP contribution in [0.2, 0.25) is 0 Å². The molecular formula is C17H28ClNO2. The van der Waals surface area contributed by atoms with E-state index in [1.807, 2.05) is 17.6 Å². The third kappa shape index (κ3) is 4.86. The minimum Gasteiger partial charge on any atom is -1.00 e. The molecular weight excluding hydrogens is 286 g/mol. The fraction of sp³-hybridized carbons (Fsp3) is 0.706. The molecule has 0 amide bonds. The number of rotatable bonds is 4. The number of hydrogen-bond donors (Lipinski definition) is 1. The zero-order valence-electron chi connectivity index (χ0n) is 13.6. The Hall–Kier alpha value is -0.800. The summed E-state index contributed by atoms with van der Waals surface area (Å²) in [4.78, 5) is 0. The molecule has 3 atom stereocenters. The molecule has 120 valence electrons. The molecule has 0 aromatic carbocycles. The van der Waals surface area contributed by atoms with E-state index in [4.69, 9.17) is 4.74 Å². The van der Waals surface area contributed by atoms with Gasteiger partial charge in [-0.15, -0.1) is 0 Å². The van der Waals surface area contributed by atoms with Crippen LogP contribution >= 0.6 is 0 Å². The lowest BCUT2D eigenvalue weighted by Gasteiger charge is -2.36. The van der Waals surface area contributed by atoms with Gasteiger partial charge in [0.05, 0.1) is 6.10 Å². The minimum atomic E-state index is 0. The van der Waals surface area contributed by atoms with Gasteiger partial charge < -0.3 is 22.3 Å². The Kier molecular flexibility index (Phi) is 6.95. The zero-order valence-corrected chi connectivity index (χ0v) is 14.3. The highest BCUT2D eigenvalue weighted by molar-refractivity contribution is 5.12. The lowest BCUT2D eigenvalue weighted by Crippen LogP contribution is -3.00. The molecule has 21 heavy (non-hydrogen) atoms. The van der Waals surface area contributed by atoms with Crippen molar-refractivity contribution in [3.63, 3.8) is 0 Å². The van der Waals surface area contributed by atoms with Crippen molar-refractivity contribution in [3.05, 3.63) is 24.0 Å². The van der Waals surface area contributed by atoms with Gasteiger partial charge in [-0.2, -0.15) is 4.57 Å². The van der Waals surface area contributed by atoms with Gasteiger partial charge in [0.15, 0.2) is 11.4 Å². The molecule has 1 aliphatic rings. The summed E-state index contributed by atoms with van der Waals surface area (Å²) in [6.45, 7) is 9.47. The van der Waals surface area contributed by atoms with Crippen molar-refractivity contribution in [2.45, 2.75) is 59.8 Å². The average molecular weight is 314 g/mol. The van der Waals surface area contributed by atoms with Crippen molar-refractivity contribution in [2.24, 2.45) is 17.8 Å². The third-order valence-electron chi connectivity index (χ3n) is 4.63. The highest BCUT2D eigenvalue weighted by Crippen LogP contribution is 2.35. The van der Waals surface area contributed by atoms with Gasteiger partial charge in [-0.25, -0.2) is 0 Å². The fourth-order valence-corrected chi connectivity index (χ4v) is 3.23. The Balaban J connectivity index is 0.00000220. The maximum absolute atomic E-state index is 9.58. The first-order valence-electron chi connectivity index (χ1n) is 7.78. The molecule has 3 nitrogen and oxygen atoms in total. The highest BCUT2D eigenvalue weighted by atomic mass is 35.5. The second kappa shape index (κ2) is 8.00. The zero-order chi connectivity index (χ0) is 14.7. The monoisotopic (exact) mass is 313 g/mol. The topological polar surface area (TPSA) is 33.3 Å². The van der Waals surface area contributed by atoms with Gasteiger partial charge in [0.25, 0.3) is 6.73 Å². The molecule has 0 spiro atoms. The smallest absolute Gasteiger partial charge is 0.253 e. The van der Waals surface area contributed by atoms with Crippen molar-refractivity contribution in [2.75, 3.05) is 0 Å². The first-order valence-corrected chi connectivity index (χ1v) is 7.78. The summed E-state index contributed by atoms with van der Waals surface area (Å²) in [5.41, 5.74) is 1.10. The Morgan fingerprint density at radius 3 is 2.71 bits per heavy atom. The minimum absolute atomic E-state index is 0. The quantitative estimate of drug-likeness (QED) is 0.818. The van der Waals surface area contributed by atoms with Gasteiger partial charge in [0, 0.05) is 13.0 Å². The number of aromatic hydroxyl groups is 1. The van der Waals surface area contributed by atoms with Crippen LogP contribution in [0.1, 0.15) is 45.7 Å². The Morgan fingerprint density at radius 1 is 1.33 bits per heavy atom. The predicted octanol–water partition coefficient (Wildman–Crippen LogP) is 0.427. The molecule has 1 heterocycles. The van der Waals surface area contributed by atoms with E-state index in [1.165, 1.54) is 12.8 Å². The van der Waals surface area contributed by atoms with Crippen molar-refractivity contribution in [1.29, 1.82) is 0 Å². The Labute approximate surface area is 134 Å². The van der Waals surface area contributed by atoms with Gasteiger partial charge >= 0.3 is 0 Å². The predicted molar refractivity (Wildman–Crippen MR) is 79.3 cm³/mol. The van der Waals surface area contributed by atoms with Crippen molar-refractivity contribution in [1.82, 2.24) is 0 Å². The molecule has 1 saturated carbocycles. The van der Waals surface area contributed by atoms with Gasteiger partial charge in [-0.05, 0) is 36.7 Å². The largest absolute Gasteiger partial charge is 1.00 e. The van der Waals surface area contributed by atoms with Gasteiger partial charge in [-0.3, -0.25) is 0 Å². The lowest BCUT2D eigenvalue weighted by atomic mass is 9.75. The fourth-order valence-electron chi connectivity index (χ4n) is 3.23. The van der Waals surface area contributed by atoms with Crippen LogP contribution in [0.25, 0.3) is 0 Å². The SMILES string of the molecule is Cc1ccc(O)c[n+]1CO[C@@H]1C[C@H](C)CC[C@H]1C(C)C.[Cl-]. The van der Waals surface area contributed by atoms with Crippen molar-refractivity contribution in [3.8, 4) is 5.75 Å². The van der Waals surface area contributed by atoms with E-state index in [0.717, 1.165) is 18.0 Å². The molecule has 1 aromatic heterocycles. The number of aryl methyl sites for hydroxylation is 1. The van der Waals surface area contributed by atoms with Crippen LogP contribution in [0.15, 0.2) is 18.3 Å². The molecule has 0 unspecified atom stereocenters. The van der Waals surface area contributed by atoms with Crippen LogP contribution in [-0.4, -0.2) is 11.2 Å². The summed E-state index contributed by atoms with van der Waals surface area (Å²) in [5.74, 6) is 2.37. The summed E-state index contributed by atoms with van der Waals surface area (Å²) in [6, 6.07) is 3.63. The summed E-state index contributed by atoms with van der Waals surface area (Å²) >= 11 is 0. The average Bonchev–Trinajstić information content (AvgIpc) is 2.39. The molecule has 1 aliphatic carbocycles. The molecule has 2 rings (SSSR count). The van der Waals surface area contributed by atoms with Crippen LogP contribution < -0.4 is 17.0 Å². The number of halogens is 1. The van der Waals surface area contributed by atoms with E-state index in [1.54, 1.807) is 12.3 Å². The van der Waals surface area contributed by atoms with E-state index in [-0.39, 0.29) is 18.2 Å². The van der Waals surface area contributed by atoms with Crippen molar-refractivity contribution < 1.29 is 26.8 Å². The van der Waals surface area contributed by atoms with E-state index < -0.39 is 0 Å². The van der Waals surface area contributed by atoms with E-state index in [9.17, 15) is 5.11 Å². The van der Waals surface area contributed by atoms with Crippen molar-refractivity contribution >= 4 is 0 Å². The maximum atomic E-state index is 9.58. The first kappa shape index (κ1) is 18.2. The number of hydrogen-bond acceptors (Lipinski definition) is 2. The van der Waals surface area contributed by atoms with Gasteiger partial charge in [-0.1, -0.05) is 27.2 Å². The van der Waals surface area contributed by atoms with E-state index >= 15 is 0 Å². The number of pyridine rings is 1. The van der Waals surface area contributed by atoms with E-state index in [2.05, 4.69) is 20.8 Å².